The van der Waals surface area contributed by atoms with Gasteiger partial charge in [-0.3, -0.25) is 14.9 Å². The van der Waals surface area contributed by atoms with Gasteiger partial charge in [0.1, 0.15) is 0 Å². The molecule has 2 rings (SSSR count). The number of carbonyl (C=O) groups excluding carboxylic acids is 1. The van der Waals surface area contributed by atoms with E-state index in [4.69, 9.17) is 16.9 Å². The Hall–Kier alpha value is -2.13. The third-order valence-electron chi connectivity index (χ3n) is 3.23. The van der Waals surface area contributed by atoms with Crippen molar-refractivity contribution in [1.29, 1.82) is 5.26 Å². The van der Waals surface area contributed by atoms with Crippen molar-refractivity contribution < 1.29 is 9.72 Å². The number of rotatable bonds is 2. The number of nitro benzene ring substituents is 1. The van der Waals surface area contributed by atoms with Gasteiger partial charge in [-0.25, -0.2) is 0 Å². The summed E-state index contributed by atoms with van der Waals surface area (Å²) in [6.45, 7) is 0.910. The van der Waals surface area contributed by atoms with Gasteiger partial charge in [-0.05, 0) is 18.9 Å². The summed E-state index contributed by atoms with van der Waals surface area (Å²) in [6.07, 6.45) is 1.53. The summed E-state index contributed by atoms with van der Waals surface area (Å²) in [5, 5.41) is 19.9. The van der Waals surface area contributed by atoms with Crippen LogP contribution in [-0.4, -0.2) is 28.8 Å². The number of benzene rings is 1. The van der Waals surface area contributed by atoms with E-state index in [1.165, 1.54) is 18.2 Å². The summed E-state index contributed by atoms with van der Waals surface area (Å²) < 4.78 is 0. The fraction of sp³-hybridized carbons (Fsp3) is 0.385. The molecule has 0 aromatic heterocycles. The first-order valence-electron chi connectivity index (χ1n) is 6.15. The number of nitrogens with zero attached hydrogens (tertiary/aromatic N) is 3. The molecule has 0 saturated carbocycles. The maximum Gasteiger partial charge on any atom is 0.271 e. The van der Waals surface area contributed by atoms with Crippen LogP contribution in [0.3, 0.4) is 0 Å². The fourth-order valence-electron chi connectivity index (χ4n) is 2.25. The quantitative estimate of drug-likeness (QED) is 0.619. The summed E-state index contributed by atoms with van der Waals surface area (Å²) >= 11 is 5.81. The number of piperidine rings is 1. The standard InChI is InChI=1S/C13H12ClN3O3/c14-11-4-10(5-12(6-11)17(19)20)13(18)16-3-1-2-9(7-15)8-16/h4-6,9H,1-3,8H2. The van der Waals surface area contributed by atoms with Gasteiger partial charge >= 0.3 is 0 Å². The molecule has 0 spiro atoms. The van der Waals surface area contributed by atoms with Crippen LogP contribution < -0.4 is 0 Å². The predicted molar refractivity (Wildman–Crippen MR) is 72.3 cm³/mol. The lowest BCUT2D eigenvalue weighted by Crippen LogP contribution is -2.39. The Bertz CT molecular complexity index is 597. The van der Waals surface area contributed by atoms with Crippen LogP contribution in [0, 0.1) is 27.4 Å². The first kappa shape index (κ1) is 14.3. The zero-order valence-corrected chi connectivity index (χ0v) is 11.3. The molecule has 104 valence electrons. The zero-order chi connectivity index (χ0) is 14.7. The monoisotopic (exact) mass is 293 g/mol. The first-order chi connectivity index (χ1) is 9.51. The molecule has 1 aliphatic rings. The van der Waals surface area contributed by atoms with E-state index in [0.29, 0.717) is 13.1 Å². The summed E-state index contributed by atoms with van der Waals surface area (Å²) in [4.78, 5) is 24.1. The van der Waals surface area contributed by atoms with E-state index >= 15 is 0 Å². The molecule has 1 fully saturated rings. The number of nitro groups is 1. The molecule has 1 aromatic rings. The van der Waals surface area contributed by atoms with Gasteiger partial charge in [0.2, 0.25) is 0 Å². The van der Waals surface area contributed by atoms with Gasteiger partial charge in [-0.15, -0.1) is 0 Å². The van der Waals surface area contributed by atoms with E-state index in [1.807, 2.05) is 0 Å². The molecule has 1 aromatic carbocycles. The van der Waals surface area contributed by atoms with E-state index < -0.39 is 4.92 Å². The summed E-state index contributed by atoms with van der Waals surface area (Å²) in [5.41, 5.74) is -0.0301. The lowest BCUT2D eigenvalue weighted by molar-refractivity contribution is -0.384. The maximum atomic E-state index is 12.3. The normalized spacial score (nSPS) is 18.4. The van der Waals surface area contributed by atoms with Crippen LogP contribution in [0.5, 0.6) is 0 Å². The first-order valence-corrected chi connectivity index (χ1v) is 6.53. The molecule has 1 amide bonds. The summed E-state index contributed by atoms with van der Waals surface area (Å²) in [7, 11) is 0. The van der Waals surface area contributed by atoms with E-state index in [-0.39, 0.29) is 28.1 Å². The minimum absolute atomic E-state index is 0.149. The van der Waals surface area contributed by atoms with Crippen molar-refractivity contribution in [3.8, 4) is 6.07 Å². The predicted octanol–water partition coefficient (Wildman–Crippen LogP) is 2.62. The number of non-ortho nitro benzene ring substituents is 1. The van der Waals surface area contributed by atoms with Gasteiger partial charge in [0.15, 0.2) is 0 Å². The average Bonchev–Trinajstić information content (AvgIpc) is 2.45. The molecular formula is C13H12ClN3O3. The van der Waals surface area contributed by atoms with Gasteiger partial charge < -0.3 is 4.90 Å². The SMILES string of the molecule is N#CC1CCCN(C(=O)c2cc(Cl)cc([N+](=O)[O-])c2)C1. The number of hydrogen-bond donors (Lipinski definition) is 0. The van der Waals surface area contributed by atoms with Gasteiger partial charge in [0, 0.05) is 35.8 Å². The number of carbonyl (C=O) groups is 1. The van der Waals surface area contributed by atoms with Crippen molar-refractivity contribution in [1.82, 2.24) is 4.90 Å². The molecule has 1 atom stereocenters. The molecule has 1 heterocycles. The van der Waals surface area contributed by atoms with Crippen molar-refractivity contribution in [3.05, 3.63) is 38.9 Å². The third kappa shape index (κ3) is 3.06. The van der Waals surface area contributed by atoms with Crippen molar-refractivity contribution in [3.63, 3.8) is 0 Å². The second kappa shape index (κ2) is 5.88. The van der Waals surface area contributed by atoms with E-state index in [1.54, 1.807) is 4.90 Å². The highest BCUT2D eigenvalue weighted by atomic mass is 35.5. The smallest absolute Gasteiger partial charge is 0.271 e. The molecule has 20 heavy (non-hydrogen) atoms. The number of halogens is 1. The number of amides is 1. The van der Waals surface area contributed by atoms with E-state index in [9.17, 15) is 14.9 Å². The molecule has 1 unspecified atom stereocenters. The highest BCUT2D eigenvalue weighted by Gasteiger charge is 2.25. The fourth-order valence-corrected chi connectivity index (χ4v) is 2.48. The largest absolute Gasteiger partial charge is 0.337 e. The Kier molecular flexibility index (Phi) is 4.20. The molecule has 6 nitrogen and oxygen atoms in total. The number of hydrogen-bond acceptors (Lipinski definition) is 4. The highest BCUT2D eigenvalue weighted by molar-refractivity contribution is 6.31. The Morgan fingerprint density at radius 3 is 2.90 bits per heavy atom. The molecule has 0 bridgehead atoms. The molecular weight excluding hydrogens is 282 g/mol. The second-order valence-electron chi connectivity index (χ2n) is 4.67. The Labute approximate surface area is 120 Å². The lowest BCUT2D eigenvalue weighted by atomic mass is 9.99. The topological polar surface area (TPSA) is 87.2 Å². The van der Waals surface area contributed by atoms with E-state index in [2.05, 4.69) is 6.07 Å². The molecule has 0 N–H and O–H groups in total. The second-order valence-corrected chi connectivity index (χ2v) is 5.11. The minimum atomic E-state index is -0.586. The van der Waals surface area contributed by atoms with E-state index in [0.717, 1.165) is 12.8 Å². The number of nitriles is 1. The van der Waals surface area contributed by atoms with Crippen molar-refractivity contribution in [2.45, 2.75) is 12.8 Å². The third-order valence-corrected chi connectivity index (χ3v) is 3.45. The Morgan fingerprint density at radius 1 is 1.50 bits per heavy atom. The minimum Gasteiger partial charge on any atom is -0.337 e. The van der Waals surface area contributed by atoms with Crippen molar-refractivity contribution >= 4 is 23.2 Å². The van der Waals surface area contributed by atoms with Crippen molar-refractivity contribution in [2.24, 2.45) is 5.92 Å². The van der Waals surface area contributed by atoms with Gasteiger partial charge in [-0.1, -0.05) is 11.6 Å². The van der Waals surface area contributed by atoms with Crippen LogP contribution in [-0.2, 0) is 0 Å². The van der Waals surface area contributed by atoms with Crippen LogP contribution in [0.25, 0.3) is 0 Å². The van der Waals surface area contributed by atoms with Crippen LogP contribution >= 0.6 is 11.6 Å². The molecule has 0 radical (unpaired) electrons. The van der Waals surface area contributed by atoms with Crippen LogP contribution in [0.2, 0.25) is 5.02 Å². The van der Waals surface area contributed by atoms with Crippen LogP contribution in [0.1, 0.15) is 23.2 Å². The molecule has 1 aliphatic heterocycles. The van der Waals surface area contributed by atoms with Crippen molar-refractivity contribution in [2.75, 3.05) is 13.1 Å². The molecule has 1 saturated heterocycles. The summed E-state index contributed by atoms with van der Waals surface area (Å²) in [5.74, 6) is -0.502. The lowest BCUT2D eigenvalue weighted by Gasteiger charge is -2.29. The average molecular weight is 294 g/mol. The van der Waals surface area contributed by atoms with Gasteiger partial charge in [0.25, 0.3) is 11.6 Å². The molecule has 0 aliphatic carbocycles. The molecule has 7 heteroatoms. The van der Waals surface area contributed by atoms with Gasteiger partial charge in [0.05, 0.1) is 16.9 Å². The summed E-state index contributed by atoms with van der Waals surface area (Å²) in [6, 6.07) is 5.98. The maximum absolute atomic E-state index is 12.3. The van der Waals surface area contributed by atoms with Crippen LogP contribution in [0.15, 0.2) is 18.2 Å². The Morgan fingerprint density at radius 2 is 2.25 bits per heavy atom. The number of likely N-dealkylation sites (tertiary alicyclic amines) is 1. The Balaban J connectivity index is 2.25. The van der Waals surface area contributed by atoms with Crippen LogP contribution in [0.4, 0.5) is 5.69 Å². The van der Waals surface area contributed by atoms with Gasteiger partial charge in [-0.2, -0.15) is 5.26 Å². The zero-order valence-electron chi connectivity index (χ0n) is 10.6. The highest BCUT2D eigenvalue weighted by Crippen LogP contribution is 2.24.